The van der Waals surface area contributed by atoms with Crippen molar-refractivity contribution in [3.05, 3.63) is 13.0 Å². The van der Waals surface area contributed by atoms with Crippen LogP contribution in [0.15, 0.2) is 0 Å². The predicted molar refractivity (Wildman–Crippen MR) is 282 cm³/mol. The van der Waals surface area contributed by atoms with Crippen LogP contribution < -0.4 is 0 Å². The first-order chi connectivity index (χ1) is 31.1. The van der Waals surface area contributed by atoms with Crippen molar-refractivity contribution in [1.29, 1.82) is 0 Å². The van der Waals surface area contributed by atoms with E-state index in [1.165, 1.54) is 277 Å². The molecular weight excluding hydrogens is 769 g/mol. The maximum absolute atomic E-state index is 13.7. The van der Waals surface area contributed by atoms with Crippen LogP contribution in [0.25, 0.3) is 0 Å². The average molecular weight is 886 g/mol. The van der Waals surface area contributed by atoms with Crippen LogP contribution in [0.1, 0.15) is 285 Å². The molecule has 1 heterocycles. The standard InChI is InChI=1S/C58H116N4O/c1-6-11-16-21-26-31-36-46-59(47-37-32-27-22-17-12-7-2)51-41-42-57-43-53-62(54-44-57)58(63)45-52-61(50-40-35-30-25-20-15-10-5)56-55-60(48-38-33-28-23-18-13-8-3)49-39-34-29-24-19-14-9-4/h26,46,57H,6-25,27-45,47-56H2,1-5H3. The average Bonchev–Trinajstić information content (AvgIpc) is 3.30. The van der Waals surface area contributed by atoms with Crippen molar-refractivity contribution in [2.24, 2.45) is 5.92 Å². The van der Waals surface area contributed by atoms with Crippen molar-refractivity contribution in [3.63, 3.8) is 0 Å². The van der Waals surface area contributed by atoms with Crippen molar-refractivity contribution >= 4 is 5.91 Å². The van der Waals surface area contributed by atoms with Crippen LogP contribution in [0.2, 0.25) is 0 Å². The lowest BCUT2D eigenvalue weighted by molar-refractivity contribution is -0.133. The van der Waals surface area contributed by atoms with Crippen LogP contribution in [0, 0.1) is 18.9 Å². The van der Waals surface area contributed by atoms with Gasteiger partial charge in [0.1, 0.15) is 0 Å². The summed E-state index contributed by atoms with van der Waals surface area (Å²) in [5.74, 6) is 1.21. The fraction of sp³-hybridized carbons (Fsp3) is 0.948. The molecule has 1 rings (SSSR count). The maximum atomic E-state index is 13.7. The van der Waals surface area contributed by atoms with Gasteiger partial charge in [0.25, 0.3) is 0 Å². The van der Waals surface area contributed by atoms with E-state index in [4.69, 9.17) is 0 Å². The van der Waals surface area contributed by atoms with E-state index in [2.05, 4.69) is 67.2 Å². The van der Waals surface area contributed by atoms with Crippen LogP contribution in [-0.4, -0.2) is 91.0 Å². The molecule has 63 heavy (non-hydrogen) atoms. The second kappa shape index (κ2) is 47.8. The van der Waals surface area contributed by atoms with E-state index in [9.17, 15) is 4.79 Å². The minimum atomic E-state index is 0.419. The molecule has 2 radical (unpaired) electrons. The second-order valence-electron chi connectivity index (χ2n) is 20.5. The van der Waals surface area contributed by atoms with E-state index in [0.717, 1.165) is 38.6 Å². The molecule has 0 aromatic carbocycles. The van der Waals surface area contributed by atoms with Gasteiger partial charge >= 0.3 is 0 Å². The van der Waals surface area contributed by atoms with Crippen molar-refractivity contribution in [3.8, 4) is 0 Å². The largest absolute Gasteiger partial charge is 0.343 e. The summed E-state index contributed by atoms with van der Waals surface area (Å²) in [6, 6.07) is 0. The third kappa shape index (κ3) is 39.1. The molecule has 0 aromatic rings. The highest BCUT2D eigenvalue weighted by atomic mass is 16.2. The molecule has 1 aliphatic rings. The maximum Gasteiger partial charge on any atom is 0.223 e. The van der Waals surface area contributed by atoms with Crippen molar-refractivity contribution in [2.75, 3.05) is 65.4 Å². The summed E-state index contributed by atoms with van der Waals surface area (Å²) in [7, 11) is 0. The van der Waals surface area contributed by atoms with Gasteiger partial charge in [-0.1, -0.05) is 214 Å². The number of hydrogen-bond acceptors (Lipinski definition) is 4. The van der Waals surface area contributed by atoms with Gasteiger partial charge in [0.05, 0.1) is 0 Å². The monoisotopic (exact) mass is 885 g/mol. The Balaban J connectivity index is 2.62. The molecule has 0 aliphatic carbocycles. The fourth-order valence-corrected chi connectivity index (χ4v) is 9.92. The highest BCUT2D eigenvalue weighted by Gasteiger charge is 2.23. The first-order valence-electron chi connectivity index (χ1n) is 29.2. The number of hydrogen-bond donors (Lipinski definition) is 0. The zero-order valence-electron chi connectivity index (χ0n) is 44.1. The summed E-state index contributed by atoms with van der Waals surface area (Å²) in [5, 5.41) is 0. The van der Waals surface area contributed by atoms with Gasteiger partial charge in [-0.25, -0.2) is 0 Å². The van der Waals surface area contributed by atoms with Gasteiger partial charge in [0.2, 0.25) is 5.91 Å². The van der Waals surface area contributed by atoms with Crippen LogP contribution in [0.5, 0.6) is 0 Å². The molecule has 0 spiro atoms. The van der Waals surface area contributed by atoms with E-state index in [-0.39, 0.29) is 0 Å². The Morgan fingerprint density at radius 2 is 0.794 bits per heavy atom. The number of carbonyl (C=O) groups is 1. The number of unbranched alkanes of at least 4 members (excludes halogenated alkanes) is 30. The highest BCUT2D eigenvalue weighted by Crippen LogP contribution is 2.24. The quantitative estimate of drug-likeness (QED) is 0.0570. The Kier molecular flexibility index (Phi) is 45.8. The van der Waals surface area contributed by atoms with Crippen LogP contribution >= 0.6 is 0 Å². The van der Waals surface area contributed by atoms with E-state index in [0.29, 0.717) is 12.3 Å². The first-order valence-corrected chi connectivity index (χ1v) is 29.2. The Hall–Kier alpha value is -0.650. The molecule has 5 nitrogen and oxygen atoms in total. The molecule has 5 heteroatoms. The first kappa shape index (κ1) is 60.4. The lowest BCUT2D eigenvalue weighted by atomic mass is 9.92. The Bertz CT molecular complexity index is 869. The molecule has 0 saturated carbocycles. The van der Waals surface area contributed by atoms with Gasteiger partial charge in [-0.2, -0.15) is 0 Å². The molecule has 0 bridgehead atoms. The van der Waals surface area contributed by atoms with Gasteiger partial charge < -0.3 is 14.7 Å². The Morgan fingerprint density at radius 1 is 0.413 bits per heavy atom. The summed E-state index contributed by atoms with van der Waals surface area (Å²) in [5.41, 5.74) is 0. The van der Waals surface area contributed by atoms with Crippen LogP contribution in [-0.2, 0) is 4.79 Å². The predicted octanol–water partition coefficient (Wildman–Crippen LogP) is 17.0. The minimum Gasteiger partial charge on any atom is -0.343 e. The normalized spacial score (nSPS) is 13.7. The topological polar surface area (TPSA) is 30.0 Å². The Labute approximate surface area is 398 Å². The summed E-state index contributed by atoms with van der Waals surface area (Å²) >= 11 is 0. The second-order valence-corrected chi connectivity index (χ2v) is 20.5. The molecule has 1 amide bonds. The number of carbonyl (C=O) groups excluding carboxylic acids is 1. The van der Waals surface area contributed by atoms with Gasteiger partial charge in [0, 0.05) is 45.7 Å². The smallest absolute Gasteiger partial charge is 0.223 e. The molecule has 0 unspecified atom stereocenters. The molecule has 0 aromatic heterocycles. The Morgan fingerprint density at radius 3 is 1.25 bits per heavy atom. The van der Waals surface area contributed by atoms with Crippen LogP contribution in [0.4, 0.5) is 0 Å². The van der Waals surface area contributed by atoms with Gasteiger partial charge in [-0.15, -0.1) is 0 Å². The van der Waals surface area contributed by atoms with E-state index < -0.39 is 0 Å². The number of piperidine rings is 1. The van der Waals surface area contributed by atoms with Crippen molar-refractivity contribution < 1.29 is 4.79 Å². The van der Waals surface area contributed by atoms with Crippen molar-refractivity contribution in [2.45, 2.75) is 285 Å². The number of nitrogens with zero attached hydrogens (tertiary/aromatic N) is 4. The summed E-state index contributed by atoms with van der Waals surface area (Å²) in [4.78, 5) is 24.2. The van der Waals surface area contributed by atoms with Crippen LogP contribution in [0.3, 0.4) is 0 Å². The molecule has 0 N–H and O–H groups in total. The van der Waals surface area contributed by atoms with Gasteiger partial charge in [-0.05, 0) is 109 Å². The lowest BCUT2D eigenvalue weighted by Crippen LogP contribution is -2.41. The van der Waals surface area contributed by atoms with Gasteiger partial charge in [-0.3, -0.25) is 9.69 Å². The third-order valence-electron chi connectivity index (χ3n) is 14.5. The minimum absolute atomic E-state index is 0.419. The van der Waals surface area contributed by atoms with Gasteiger partial charge in [0.15, 0.2) is 0 Å². The molecule has 374 valence electrons. The van der Waals surface area contributed by atoms with E-state index >= 15 is 0 Å². The number of rotatable bonds is 50. The SMILES string of the molecule is CCCCC[CH]CC[CH]N(CCCCCCCCC)CCCC1CCN(C(=O)CCN(CCCCCCCCC)CCN(CCCCCCCCC)CCCCCCCCC)CC1. The molecule has 1 aliphatic heterocycles. The zero-order chi connectivity index (χ0) is 45.5. The highest BCUT2D eigenvalue weighted by molar-refractivity contribution is 5.76. The summed E-state index contributed by atoms with van der Waals surface area (Å²) < 4.78 is 0. The molecule has 1 saturated heterocycles. The molecular formula is C58H116N4O. The van der Waals surface area contributed by atoms with E-state index in [1.54, 1.807) is 0 Å². The van der Waals surface area contributed by atoms with Crippen molar-refractivity contribution in [1.82, 2.24) is 19.6 Å². The molecule has 0 atom stereocenters. The summed E-state index contributed by atoms with van der Waals surface area (Å²) in [6.45, 7) is 25.5. The zero-order valence-corrected chi connectivity index (χ0v) is 44.1. The molecule has 1 fully saturated rings. The fourth-order valence-electron chi connectivity index (χ4n) is 9.92. The number of amides is 1. The lowest BCUT2D eigenvalue weighted by Gasteiger charge is -2.33. The number of likely N-dealkylation sites (tertiary alicyclic amines) is 1. The van der Waals surface area contributed by atoms with E-state index in [1.807, 2.05) is 0 Å². The third-order valence-corrected chi connectivity index (χ3v) is 14.5. The summed E-state index contributed by atoms with van der Waals surface area (Å²) in [6.07, 6.45) is 54.7.